The number of nitrogens with two attached hydrogens (primary N) is 2. The number of ether oxygens (including phenoxy) is 1. The van der Waals surface area contributed by atoms with Crippen molar-refractivity contribution in [2.75, 3.05) is 27.2 Å². The third-order valence-electron chi connectivity index (χ3n) is 7.64. The number of hydrogen-bond acceptors (Lipinski definition) is 5. The topological polar surface area (TPSA) is 125 Å². The third kappa shape index (κ3) is 10.6. The SMILES string of the molecule is CC(C)(C)OC(=O)N[C@H]1CCc2[nH]c3ccc(F)cc3c2C1.CN(C)CCN.N[C@H]1CCc2[nH]c3ccc(F)cc3c2C1.S.S. The molecule has 2 aromatic carbocycles. The van der Waals surface area contributed by atoms with Crippen molar-refractivity contribution in [3.63, 3.8) is 0 Å². The molecule has 0 bridgehead atoms. The van der Waals surface area contributed by atoms with Crippen molar-refractivity contribution in [1.29, 1.82) is 0 Å². The number of carbonyl (C=O) groups is 1. The van der Waals surface area contributed by atoms with Gasteiger partial charge in [-0.1, -0.05) is 0 Å². The minimum Gasteiger partial charge on any atom is -0.444 e. The van der Waals surface area contributed by atoms with E-state index in [9.17, 15) is 13.6 Å². The van der Waals surface area contributed by atoms with Crippen LogP contribution in [-0.2, 0) is 30.4 Å². The number of rotatable bonds is 3. The van der Waals surface area contributed by atoms with Crippen molar-refractivity contribution in [2.45, 2.75) is 77.0 Å². The van der Waals surface area contributed by atoms with Crippen LogP contribution >= 0.6 is 27.0 Å². The number of aromatic nitrogens is 2. The minimum atomic E-state index is -0.506. The highest BCUT2D eigenvalue weighted by Gasteiger charge is 2.26. The van der Waals surface area contributed by atoms with Gasteiger partial charge in [0.2, 0.25) is 0 Å². The molecule has 0 spiro atoms. The molecule has 7 N–H and O–H groups in total. The highest BCUT2D eigenvalue weighted by molar-refractivity contribution is 7.59. The molecule has 8 nitrogen and oxygen atoms in total. The first-order valence-electron chi connectivity index (χ1n) is 15.0. The number of amides is 1. The van der Waals surface area contributed by atoms with Crippen LogP contribution in [0.2, 0.25) is 0 Å². The zero-order chi connectivity index (χ0) is 31.3. The highest BCUT2D eigenvalue weighted by Crippen LogP contribution is 2.30. The summed E-state index contributed by atoms with van der Waals surface area (Å²) in [5.74, 6) is -0.417. The van der Waals surface area contributed by atoms with E-state index in [1.54, 1.807) is 24.3 Å². The number of halogens is 2. The molecule has 0 aliphatic heterocycles. The second-order valence-electron chi connectivity index (χ2n) is 12.7. The van der Waals surface area contributed by atoms with Gasteiger partial charge >= 0.3 is 6.09 Å². The fourth-order valence-electron chi connectivity index (χ4n) is 5.66. The lowest BCUT2D eigenvalue weighted by Gasteiger charge is -2.26. The number of aryl methyl sites for hydroxylation is 2. The van der Waals surface area contributed by atoms with Crippen LogP contribution in [0.5, 0.6) is 0 Å². The van der Waals surface area contributed by atoms with E-state index >= 15 is 0 Å². The summed E-state index contributed by atoms with van der Waals surface area (Å²) >= 11 is 0. The molecule has 0 fully saturated rings. The Balaban J connectivity index is 0.000000267. The molecular weight excluding hydrogens is 615 g/mol. The maximum atomic E-state index is 13.5. The van der Waals surface area contributed by atoms with E-state index < -0.39 is 11.7 Å². The van der Waals surface area contributed by atoms with Crippen LogP contribution in [0.3, 0.4) is 0 Å². The molecule has 0 unspecified atom stereocenters. The molecule has 2 heterocycles. The highest BCUT2D eigenvalue weighted by atomic mass is 32.1. The molecular formula is C33H50F2N6O2S2. The van der Waals surface area contributed by atoms with Crippen LogP contribution in [0, 0.1) is 11.6 Å². The molecule has 0 saturated heterocycles. The first-order chi connectivity index (χ1) is 20.3. The molecule has 2 aliphatic rings. The summed E-state index contributed by atoms with van der Waals surface area (Å²) in [6.45, 7) is 7.27. The Labute approximate surface area is 278 Å². The first kappa shape index (κ1) is 38.4. The molecule has 4 aromatic rings. The van der Waals surface area contributed by atoms with Gasteiger partial charge in [-0.3, -0.25) is 0 Å². The number of H-pyrrole nitrogens is 2. The zero-order valence-electron chi connectivity index (χ0n) is 26.9. The summed E-state index contributed by atoms with van der Waals surface area (Å²) in [5.41, 5.74) is 17.3. The van der Waals surface area contributed by atoms with E-state index in [0.29, 0.717) is 6.42 Å². The van der Waals surface area contributed by atoms with E-state index in [2.05, 4.69) is 20.2 Å². The van der Waals surface area contributed by atoms with Gasteiger partial charge in [0.25, 0.3) is 0 Å². The molecule has 0 radical (unpaired) electrons. The van der Waals surface area contributed by atoms with E-state index in [4.69, 9.17) is 16.2 Å². The summed E-state index contributed by atoms with van der Waals surface area (Å²) in [6, 6.07) is 9.91. The Kier molecular flexibility index (Phi) is 14.2. The quantitative estimate of drug-likeness (QED) is 0.197. The first-order valence-corrected chi connectivity index (χ1v) is 15.0. The van der Waals surface area contributed by atoms with E-state index in [1.807, 2.05) is 34.9 Å². The van der Waals surface area contributed by atoms with Gasteiger partial charge < -0.3 is 36.4 Å². The van der Waals surface area contributed by atoms with Crippen molar-refractivity contribution in [3.05, 3.63) is 70.5 Å². The van der Waals surface area contributed by atoms with Crippen molar-refractivity contribution < 1.29 is 18.3 Å². The maximum Gasteiger partial charge on any atom is 0.407 e. The number of nitrogens with one attached hydrogen (secondary N) is 3. The summed E-state index contributed by atoms with van der Waals surface area (Å²) in [7, 11) is 4.01. The Morgan fingerprint density at radius 1 is 0.933 bits per heavy atom. The number of fused-ring (bicyclic) bond motifs is 6. The monoisotopic (exact) mass is 664 g/mol. The smallest absolute Gasteiger partial charge is 0.407 e. The predicted octanol–water partition coefficient (Wildman–Crippen LogP) is 5.54. The standard InChI is InChI=1S/C17H21FN2O2.C12H13FN2.C4H12N2.2H2S/c1-17(2,3)22-16(21)19-11-5-7-15-13(9-11)12-8-10(18)4-6-14(12)20-15;13-7-1-3-11-9(5-7)10-6-8(14)2-4-12(10)15-11;1-6(2)4-3-5;;/h4,6,8,11,20H,5,7,9H2,1-3H3,(H,19,21);1,3,5,8,15H,2,4,6,14H2;3-5H2,1-2H3;2*1H2/t11-;8-;;;/m00.../s1. The number of alkyl carbamates (subject to hydrolysis) is 1. The van der Waals surface area contributed by atoms with Gasteiger partial charge in [0, 0.05) is 58.4 Å². The van der Waals surface area contributed by atoms with Crippen molar-refractivity contribution in [3.8, 4) is 0 Å². The molecule has 1 amide bonds. The summed E-state index contributed by atoms with van der Waals surface area (Å²) in [5, 5.41) is 4.82. The van der Waals surface area contributed by atoms with Crippen LogP contribution in [0.4, 0.5) is 13.6 Å². The number of carbonyl (C=O) groups excluding carboxylic acids is 1. The fourth-order valence-corrected chi connectivity index (χ4v) is 5.66. The van der Waals surface area contributed by atoms with Crippen molar-refractivity contribution >= 4 is 54.9 Å². The second kappa shape index (κ2) is 16.7. The Morgan fingerprint density at radius 3 is 1.91 bits per heavy atom. The molecule has 6 rings (SSSR count). The van der Waals surface area contributed by atoms with Crippen molar-refractivity contribution in [1.82, 2.24) is 20.2 Å². The van der Waals surface area contributed by atoms with E-state index in [-0.39, 0.29) is 50.7 Å². The van der Waals surface area contributed by atoms with Gasteiger partial charge in [-0.2, -0.15) is 27.0 Å². The Hall–Kier alpha value is -2.77. The molecule has 45 heavy (non-hydrogen) atoms. The lowest BCUT2D eigenvalue weighted by atomic mass is 9.91. The van der Waals surface area contributed by atoms with Crippen molar-refractivity contribution in [2.24, 2.45) is 11.5 Å². The average Bonchev–Trinajstić information content (AvgIpc) is 3.45. The molecule has 250 valence electrons. The van der Waals surface area contributed by atoms with Gasteiger partial charge in [-0.05, 0) is 121 Å². The van der Waals surface area contributed by atoms with E-state index in [0.717, 1.165) is 78.3 Å². The zero-order valence-corrected chi connectivity index (χ0v) is 28.9. The van der Waals surface area contributed by atoms with Gasteiger partial charge in [-0.15, -0.1) is 0 Å². The minimum absolute atomic E-state index is 0. The van der Waals surface area contributed by atoms with Gasteiger partial charge in [0.05, 0.1) is 0 Å². The van der Waals surface area contributed by atoms with Crippen LogP contribution in [0.15, 0.2) is 36.4 Å². The normalized spacial score (nSPS) is 17.0. The molecule has 2 aromatic heterocycles. The van der Waals surface area contributed by atoms with Crippen LogP contribution in [0.1, 0.15) is 56.1 Å². The fraction of sp³-hybridized carbons (Fsp3) is 0.485. The third-order valence-corrected chi connectivity index (χ3v) is 7.64. The largest absolute Gasteiger partial charge is 0.444 e. The summed E-state index contributed by atoms with van der Waals surface area (Å²) < 4.78 is 31.9. The molecule has 0 saturated carbocycles. The van der Waals surface area contributed by atoms with Gasteiger partial charge in [0.1, 0.15) is 17.2 Å². The summed E-state index contributed by atoms with van der Waals surface area (Å²) in [4.78, 5) is 20.6. The van der Waals surface area contributed by atoms with Crippen LogP contribution in [0.25, 0.3) is 21.8 Å². The predicted molar refractivity (Wildman–Crippen MR) is 190 cm³/mol. The van der Waals surface area contributed by atoms with Gasteiger partial charge in [0.15, 0.2) is 0 Å². The number of benzene rings is 2. The Bertz CT molecular complexity index is 1550. The number of nitrogens with zero attached hydrogens (tertiary/aromatic N) is 1. The van der Waals surface area contributed by atoms with Gasteiger partial charge in [-0.25, -0.2) is 13.6 Å². The van der Waals surface area contributed by atoms with Crippen LogP contribution in [-0.4, -0.2) is 65.8 Å². The van der Waals surface area contributed by atoms with Crippen LogP contribution < -0.4 is 16.8 Å². The number of likely N-dealkylation sites (N-methyl/N-ethyl adjacent to an activating group) is 1. The lowest BCUT2D eigenvalue weighted by molar-refractivity contribution is 0.0500. The number of hydrogen-bond donors (Lipinski definition) is 5. The lowest BCUT2D eigenvalue weighted by Crippen LogP contribution is -2.41. The second-order valence-corrected chi connectivity index (χ2v) is 12.7. The van der Waals surface area contributed by atoms with E-state index in [1.165, 1.54) is 23.4 Å². The number of aromatic amines is 2. The maximum absolute atomic E-state index is 13.5. The molecule has 2 aliphatic carbocycles. The Morgan fingerprint density at radius 2 is 1.44 bits per heavy atom. The summed E-state index contributed by atoms with van der Waals surface area (Å²) in [6.07, 6.45) is 4.84. The molecule has 2 atom stereocenters. The average molecular weight is 665 g/mol. The molecule has 12 heteroatoms.